The van der Waals surface area contributed by atoms with Crippen LogP contribution in [0.25, 0.3) is 0 Å². The van der Waals surface area contributed by atoms with Gasteiger partial charge in [-0.25, -0.2) is 9.37 Å². The van der Waals surface area contributed by atoms with E-state index in [1.807, 2.05) is 13.8 Å². The maximum absolute atomic E-state index is 14.3. The molecule has 1 fully saturated rings. The molecule has 0 bridgehead atoms. The summed E-state index contributed by atoms with van der Waals surface area (Å²) in [5, 5.41) is 17.4. The summed E-state index contributed by atoms with van der Waals surface area (Å²) in [6, 6.07) is 10.0. The van der Waals surface area contributed by atoms with E-state index in [0.29, 0.717) is 30.3 Å². The number of pyridine rings is 1. The van der Waals surface area contributed by atoms with E-state index in [9.17, 15) is 14.5 Å². The quantitative estimate of drug-likeness (QED) is 0.289. The number of anilines is 4. The van der Waals surface area contributed by atoms with Gasteiger partial charge in [0, 0.05) is 30.0 Å². The zero-order valence-corrected chi connectivity index (χ0v) is 16.4. The molecule has 0 spiro atoms. The Kier molecular flexibility index (Phi) is 6.20. The predicted octanol–water partition coefficient (Wildman–Crippen LogP) is 3.94. The highest BCUT2D eigenvalue weighted by Crippen LogP contribution is 2.30. The van der Waals surface area contributed by atoms with Gasteiger partial charge < -0.3 is 20.3 Å². The molecule has 2 aromatic rings. The highest BCUT2D eigenvalue weighted by Gasteiger charge is 2.30. The van der Waals surface area contributed by atoms with Gasteiger partial charge in [-0.05, 0) is 44.2 Å². The largest absolute Gasteiger partial charge is 0.368 e. The van der Waals surface area contributed by atoms with Crippen molar-refractivity contribution in [2.75, 3.05) is 28.7 Å². The van der Waals surface area contributed by atoms with Crippen LogP contribution in [0.2, 0.25) is 0 Å². The summed E-state index contributed by atoms with van der Waals surface area (Å²) in [6.45, 7) is 4.71. The fraction of sp³-hybridized carbons (Fsp3) is 0.389. The van der Waals surface area contributed by atoms with Crippen LogP contribution >= 0.6 is 12.6 Å². The molecule has 150 valence electrons. The molecule has 0 aliphatic carbocycles. The van der Waals surface area contributed by atoms with Crippen LogP contribution in [0.4, 0.5) is 33.1 Å². The zero-order valence-electron chi connectivity index (χ0n) is 15.5. The fourth-order valence-corrected chi connectivity index (χ4v) is 3.11. The number of hydrogen-bond acceptors (Lipinski definition) is 8. The number of morpholine rings is 1. The lowest BCUT2D eigenvalue weighted by Crippen LogP contribution is -2.46. The van der Waals surface area contributed by atoms with Crippen LogP contribution in [-0.4, -0.2) is 40.8 Å². The summed E-state index contributed by atoms with van der Waals surface area (Å²) >= 11 is 4.09. The van der Waals surface area contributed by atoms with E-state index in [0.717, 1.165) is 0 Å². The molecule has 0 radical (unpaired) electrons. The second-order valence-corrected chi connectivity index (χ2v) is 7.13. The van der Waals surface area contributed by atoms with Crippen molar-refractivity contribution in [1.82, 2.24) is 4.98 Å². The lowest BCUT2D eigenvalue weighted by atomic mass is 10.2. The number of ether oxygens (including phenoxy) is 1. The van der Waals surface area contributed by atoms with E-state index in [1.54, 1.807) is 35.2 Å². The summed E-state index contributed by atoms with van der Waals surface area (Å²) in [5.74, 6) is 0.668. The van der Waals surface area contributed by atoms with Crippen LogP contribution in [0, 0.1) is 10.1 Å². The number of nitrogens with zero attached hydrogens (tertiary/aromatic N) is 3. The minimum absolute atomic E-state index is 0.131. The third-order valence-corrected chi connectivity index (χ3v) is 4.52. The number of thiol groups is 1. The lowest BCUT2D eigenvalue weighted by molar-refractivity contribution is -0.384. The average Bonchev–Trinajstić information content (AvgIpc) is 2.64. The summed E-state index contributed by atoms with van der Waals surface area (Å²) in [6.07, 6.45) is -1.35. The molecule has 1 aromatic heterocycles. The molecular formula is C18H22FN5O3S. The third kappa shape index (κ3) is 4.63. The van der Waals surface area contributed by atoms with E-state index < -0.39 is 16.7 Å². The summed E-state index contributed by atoms with van der Waals surface area (Å²) in [4.78, 5) is 16.7. The Balaban J connectivity index is 1.80. The van der Waals surface area contributed by atoms with Crippen molar-refractivity contribution < 1.29 is 14.1 Å². The van der Waals surface area contributed by atoms with Crippen molar-refractivity contribution >= 4 is 41.3 Å². The van der Waals surface area contributed by atoms with Crippen molar-refractivity contribution in [3.63, 3.8) is 0 Å². The normalized spacial score (nSPS) is 19.5. The van der Waals surface area contributed by atoms with Gasteiger partial charge in [0.2, 0.25) is 12.1 Å². The lowest BCUT2D eigenvalue weighted by Gasteiger charge is -2.35. The number of benzene rings is 1. The molecule has 1 aromatic carbocycles. The molecule has 2 unspecified atom stereocenters. The molecule has 2 N–H and O–H groups in total. The smallest absolute Gasteiger partial charge is 0.311 e. The molecule has 0 saturated carbocycles. The number of aromatic nitrogens is 1. The number of alkyl halides is 1. The van der Waals surface area contributed by atoms with Crippen molar-refractivity contribution in [3.05, 3.63) is 46.5 Å². The number of nitro groups is 1. The summed E-state index contributed by atoms with van der Waals surface area (Å²) in [5.41, 5.74) is 0.355. The van der Waals surface area contributed by atoms with E-state index in [-0.39, 0.29) is 17.5 Å². The standard InChI is InChI=1S/C18H22FN5O3S/c1-11(2)20-15-8-7-14(24(25)26)17(22-15)21-12-3-5-13(6-4-12)23-9-10-27-18(28)16(23)19/h3-8,11,16,18,28H,9-10H2,1-2H3,(H2,20,21,22). The van der Waals surface area contributed by atoms with Crippen LogP contribution in [0.3, 0.4) is 0 Å². The van der Waals surface area contributed by atoms with E-state index in [1.165, 1.54) is 6.07 Å². The molecule has 0 amide bonds. The topological polar surface area (TPSA) is 92.6 Å². The van der Waals surface area contributed by atoms with Gasteiger partial charge in [-0.3, -0.25) is 10.1 Å². The first kappa shape index (κ1) is 20.2. The van der Waals surface area contributed by atoms with E-state index in [4.69, 9.17) is 4.74 Å². The fourth-order valence-electron chi connectivity index (χ4n) is 2.84. The Bertz CT molecular complexity index is 836. The Morgan fingerprint density at radius 2 is 2.04 bits per heavy atom. The van der Waals surface area contributed by atoms with Gasteiger partial charge in [0.15, 0.2) is 0 Å². The molecule has 2 heterocycles. The second-order valence-electron chi connectivity index (χ2n) is 6.62. The Labute approximate surface area is 167 Å². The molecule has 28 heavy (non-hydrogen) atoms. The van der Waals surface area contributed by atoms with Gasteiger partial charge in [-0.2, -0.15) is 0 Å². The molecule has 1 aliphatic rings. The summed E-state index contributed by atoms with van der Waals surface area (Å²) in [7, 11) is 0. The van der Waals surface area contributed by atoms with Crippen molar-refractivity contribution in [3.8, 4) is 0 Å². The first-order valence-electron chi connectivity index (χ1n) is 8.84. The summed E-state index contributed by atoms with van der Waals surface area (Å²) < 4.78 is 19.5. The SMILES string of the molecule is CC(C)Nc1ccc([N+](=O)[O-])c(Nc2ccc(N3CCOC(S)C3F)cc2)n1. The number of rotatable bonds is 6. The highest BCUT2D eigenvalue weighted by molar-refractivity contribution is 7.80. The molecule has 3 rings (SSSR count). The first-order chi connectivity index (χ1) is 13.3. The number of halogens is 1. The molecular weight excluding hydrogens is 385 g/mol. The van der Waals surface area contributed by atoms with Gasteiger partial charge in [0.25, 0.3) is 0 Å². The van der Waals surface area contributed by atoms with Crippen LogP contribution in [0.5, 0.6) is 0 Å². The van der Waals surface area contributed by atoms with Gasteiger partial charge in [0.05, 0.1) is 11.5 Å². The van der Waals surface area contributed by atoms with Crippen molar-refractivity contribution in [2.24, 2.45) is 0 Å². The van der Waals surface area contributed by atoms with Gasteiger partial charge in [0.1, 0.15) is 11.3 Å². The molecule has 10 heteroatoms. The Hall–Kier alpha value is -2.59. The van der Waals surface area contributed by atoms with E-state index in [2.05, 4.69) is 28.2 Å². The van der Waals surface area contributed by atoms with Crippen LogP contribution in [0.1, 0.15) is 13.8 Å². The Morgan fingerprint density at radius 3 is 2.68 bits per heavy atom. The van der Waals surface area contributed by atoms with Crippen LogP contribution in [0.15, 0.2) is 36.4 Å². The molecule has 1 saturated heterocycles. The first-order valence-corrected chi connectivity index (χ1v) is 9.36. The van der Waals surface area contributed by atoms with Crippen molar-refractivity contribution in [2.45, 2.75) is 31.6 Å². The molecule has 2 atom stereocenters. The van der Waals surface area contributed by atoms with Gasteiger partial charge >= 0.3 is 5.69 Å². The monoisotopic (exact) mass is 407 g/mol. The average molecular weight is 407 g/mol. The Morgan fingerprint density at radius 1 is 1.32 bits per heavy atom. The highest BCUT2D eigenvalue weighted by atomic mass is 32.1. The minimum atomic E-state index is -1.35. The van der Waals surface area contributed by atoms with Gasteiger partial charge in [-0.1, -0.05) is 0 Å². The van der Waals surface area contributed by atoms with Crippen LogP contribution in [-0.2, 0) is 4.74 Å². The van der Waals surface area contributed by atoms with E-state index >= 15 is 0 Å². The van der Waals surface area contributed by atoms with Crippen molar-refractivity contribution in [1.29, 1.82) is 0 Å². The molecule has 8 nitrogen and oxygen atoms in total. The molecule has 1 aliphatic heterocycles. The predicted molar refractivity (Wildman–Crippen MR) is 110 cm³/mol. The third-order valence-electron chi connectivity index (χ3n) is 4.12. The maximum atomic E-state index is 14.3. The van der Waals surface area contributed by atoms with Gasteiger partial charge in [-0.15, -0.1) is 12.6 Å². The van der Waals surface area contributed by atoms with Crippen LogP contribution < -0.4 is 15.5 Å². The maximum Gasteiger partial charge on any atom is 0.311 e. The number of nitrogens with one attached hydrogen (secondary N) is 2. The second kappa shape index (κ2) is 8.61. The zero-order chi connectivity index (χ0) is 20.3. The minimum Gasteiger partial charge on any atom is -0.368 e. The number of hydrogen-bond donors (Lipinski definition) is 3.